The average molecular weight is 294 g/mol. The number of nitrogens with zero attached hydrogens (tertiary/aromatic N) is 2. The van der Waals surface area contributed by atoms with Crippen LogP contribution in [0.4, 0.5) is 4.39 Å². The molecule has 2 aromatic carbocycles. The smallest absolute Gasteiger partial charge is 0.247 e. The highest BCUT2D eigenvalue weighted by Crippen LogP contribution is 2.33. The van der Waals surface area contributed by atoms with Gasteiger partial charge in [0.05, 0.1) is 6.26 Å². The summed E-state index contributed by atoms with van der Waals surface area (Å²) in [5.74, 6) is 0.675. The molecular weight excluding hydrogens is 283 g/mol. The molecule has 0 saturated carbocycles. The molecule has 108 valence electrons. The van der Waals surface area contributed by atoms with E-state index < -0.39 is 0 Å². The van der Waals surface area contributed by atoms with E-state index in [0.29, 0.717) is 11.8 Å². The molecule has 0 aliphatic carbocycles. The minimum atomic E-state index is -0.282. The van der Waals surface area contributed by atoms with Gasteiger partial charge in [-0.1, -0.05) is 12.1 Å². The maximum absolute atomic E-state index is 13.4. The van der Waals surface area contributed by atoms with Gasteiger partial charge < -0.3 is 8.83 Å². The summed E-state index contributed by atoms with van der Waals surface area (Å²) >= 11 is 0. The summed E-state index contributed by atoms with van der Waals surface area (Å²) in [5.41, 5.74) is 3.11. The molecule has 4 aromatic rings. The van der Waals surface area contributed by atoms with Crippen molar-refractivity contribution in [2.45, 2.75) is 6.92 Å². The first kappa shape index (κ1) is 12.8. The van der Waals surface area contributed by atoms with E-state index in [2.05, 4.69) is 10.2 Å². The van der Waals surface area contributed by atoms with Crippen molar-refractivity contribution in [1.82, 2.24) is 10.2 Å². The summed E-state index contributed by atoms with van der Waals surface area (Å²) in [7, 11) is 0. The molecule has 0 spiro atoms. The first-order chi connectivity index (χ1) is 10.7. The Morgan fingerprint density at radius 3 is 2.68 bits per heavy atom. The lowest BCUT2D eigenvalue weighted by Gasteiger charge is -2.00. The summed E-state index contributed by atoms with van der Waals surface area (Å²) in [6.45, 7) is 1.74. The normalized spacial score (nSPS) is 11.2. The molecule has 4 nitrogen and oxygen atoms in total. The van der Waals surface area contributed by atoms with E-state index in [0.717, 1.165) is 27.7 Å². The number of benzene rings is 2. The fourth-order valence-corrected chi connectivity index (χ4v) is 2.45. The van der Waals surface area contributed by atoms with Crippen molar-refractivity contribution in [3.05, 3.63) is 60.4 Å². The Labute approximate surface area is 125 Å². The summed E-state index contributed by atoms with van der Waals surface area (Å²) < 4.78 is 24.4. The van der Waals surface area contributed by atoms with Gasteiger partial charge in [0.25, 0.3) is 0 Å². The SMILES string of the molecule is Cc1nnc(-c2ccc3occ(-c4cccc(F)c4)c3c2)o1. The van der Waals surface area contributed by atoms with E-state index in [1.165, 1.54) is 12.1 Å². The van der Waals surface area contributed by atoms with Gasteiger partial charge in [0.1, 0.15) is 11.4 Å². The first-order valence-corrected chi connectivity index (χ1v) is 6.78. The third kappa shape index (κ3) is 2.07. The van der Waals surface area contributed by atoms with Crippen LogP contribution >= 0.6 is 0 Å². The van der Waals surface area contributed by atoms with Crippen molar-refractivity contribution in [1.29, 1.82) is 0 Å². The molecule has 2 heterocycles. The zero-order valence-corrected chi connectivity index (χ0v) is 11.7. The van der Waals surface area contributed by atoms with E-state index in [4.69, 9.17) is 8.83 Å². The third-order valence-corrected chi connectivity index (χ3v) is 3.48. The largest absolute Gasteiger partial charge is 0.464 e. The fraction of sp³-hybridized carbons (Fsp3) is 0.0588. The maximum Gasteiger partial charge on any atom is 0.247 e. The van der Waals surface area contributed by atoms with Gasteiger partial charge in [0.15, 0.2) is 0 Å². The molecule has 0 radical (unpaired) electrons. The van der Waals surface area contributed by atoms with Crippen LogP contribution in [0.25, 0.3) is 33.6 Å². The Bertz CT molecular complexity index is 972. The fourth-order valence-electron chi connectivity index (χ4n) is 2.45. The highest BCUT2D eigenvalue weighted by atomic mass is 19.1. The number of aromatic nitrogens is 2. The lowest BCUT2D eigenvalue weighted by molar-refractivity contribution is 0.533. The molecule has 0 fully saturated rings. The van der Waals surface area contributed by atoms with Crippen LogP contribution in [0.2, 0.25) is 0 Å². The Morgan fingerprint density at radius 1 is 1.00 bits per heavy atom. The quantitative estimate of drug-likeness (QED) is 0.542. The summed E-state index contributed by atoms with van der Waals surface area (Å²) in [6, 6.07) is 12.0. The predicted octanol–water partition coefficient (Wildman–Crippen LogP) is 4.60. The van der Waals surface area contributed by atoms with Gasteiger partial charge in [-0.25, -0.2) is 4.39 Å². The molecule has 5 heteroatoms. The summed E-state index contributed by atoms with van der Waals surface area (Å²) in [6.07, 6.45) is 1.63. The van der Waals surface area contributed by atoms with Crippen LogP contribution in [-0.4, -0.2) is 10.2 Å². The van der Waals surface area contributed by atoms with Gasteiger partial charge in [-0.15, -0.1) is 10.2 Å². The Morgan fingerprint density at radius 2 is 1.91 bits per heavy atom. The standard InChI is InChI=1S/C17H11FN2O2/c1-10-19-20-17(22-10)12-5-6-16-14(8-12)15(9-21-16)11-3-2-4-13(18)7-11/h2-9H,1H3. The van der Waals surface area contributed by atoms with Crippen molar-refractivity contribution in [3.63, 3.8) is 0 Å². The van der Waals surface area contributed by atoms with Gasteiger partial charge >= 0.3 is 0 Å². The molecule has 4 rings (SSSR count). The van der Waals surface area contributed by atoms with Crippen LogP contribution < -0.4 is 0 Å². The highest BCUT2D eigenvalue weighted by molar-refractivity contribution is 5.96. The van der Waals surface area contributed by atoms with Crippen molar-refractivity contribution in [3.8, 4) is 22.6 Å². The topological polar surface area (TPSA) is 52.1 Å². The molecule has 0 unspecified atom stereocenters. The zero-order chi connectivity index (χ0) is 15.1. The molecule has 0 bridgehead atoms. The lowest BCUT2D eigenvalue weighted by Crippen LogP contribution is -1.80. The van der Waals surface area contributed by atoms with Gasteiger partial charge in [-0.2, -0.15) is 0 Å². The van der Waals surface area contributed by atoms with Crippen LogP contribution in [0.3, 0.4) is 0 Å². The Hall–Kier alpha value is -2.95. The number of furan rings is 1. The van der Waals surface area contributed by atoms with Crippen LogP contribution in [0.5, 0.6) is 0 Å². The molecule has 0 atom stereocenters. The second-order valence-corrected chi connectivity index (χ2v) is 5.00. The van der Waals surface area contributed by atoms with Gasteiger partial charge in [0, 0.05) is 23.4 Å². The monoisotopic (exact) mass is 294 g/mol. The number of fused-ring (bicyclic) bond motifs is 1. The molecule has 22 heavy (non-hydrogen) atoms. The van der Waals surface area contributed by atoms with E-state index in [1.54, 1.807) is 19.3 Å². The Kier molecular flexibility index (Phi) is 2.79. The molecular formula is C17H11FN2O2. The van der Waals surface area contributed by atoms with Crippen LogP contribution in [0, 0.1) is 12.7 Å². The maximum atomic E-state index is 13.4. The average Bonchev–Trinajstić information content (AvgIpc) is 3.12. The summed E-state index contributed by atoms with van der Waals surface area (Å²) in [4.78, 5) is 0. The van der Waals surface area contributed by atoms with Gasteiger partial charge in [-0.05, 0) is 35.9 Å². The van der Waals surface area contributed by atoms with Gasteiger partial charge in [-0.3, -0.25) is 0 Å². The van der Waals surface area contributed by atoms with E-state index in [9.17, 15) is 4.39 Å². The molecule has 0 aliphatic heterocycles. The number of rotatable bonds is 2. The zero-order valence-electron chi connectivity index (χ0n) is 11.7. The second kappa shape index (κ2) is 4.80. The molecule has 0 N–H and O–H groups in total. The second-order valence-electron chi connectivity index (χ2n) is 5.00. The minimum Gasteiger partial charge on any atom is -0.464 e. The number of halogens is 1. The van der Waals surface area contributed by atoms with Crippen LogP contribution in [0.1, 0.15) is 5.89 Å². The molecule has 0 amide bonds. The number of aryl methyl sites for hydroxylation is 1. The highest BCUT2D eigenvalue weighted by Gasteiger charge is 2.12. The van der Waals surface area contributed by atoms with Crippen LogP contribution in [0.15, 0.2) is 57.6 Å². The Balaban J connectivity index is 1.90. The van der Waals surface area contributed by atoms with Crippen molar-refractivity contribution in [2.75, 3.05) is 0 Å². The van der Waals surface area contributed by atoms with E-state index in [-0.39, 0.29) is 5.82 Å². The van der Waals surface area contributed by atoms with Crippen molar-refractivity contribution >= 4 is 11.0 Å². The summed E-state index contributed by atoms with van der Waals surface area (Å²) in [5, 5.41) is 8.72. The lowest BCUT2D eigenvalue weighted by atomic mass is 10.0. The number of hydrogen-bond donors (Lipinski definition) is 0. The van der Waals surface area contributed by atoms with Crippen LogP contribution in [-0.2, 0) is 0 Å². The molecule has 0 saturated heterocycles. The van der Waals surface area contributed by atoms with E-state index >= 15 is 0 Å². The van der Waals surface area contributed by atoms with Gasteiger partial charge in [0.2, 0.25) is 11.8 Å². The third-order valence-electron chi connectivity index (χ3n) is 3.48. The van der Waals surface area contributed by atoms with Crippen molar-refractivity contribution in [2.24, 2.45) is 0 Å². The van der Waals surface area contributed by atoms with Crippen molar-refractivity contribution < 1.29 is 13.2 Å². The molecule has 2 aromatic heterocycles. The first-order valence-electron chi connectivity index (χ1n) is 6.78. The number of hydrogen-bond acceptors (Lipinski definition) is 4. The molecule has 0 aliphatic rings. The predicted molar refractivity (Wildman–Crippen MR) is 79.6 cm³/mol. The minimum absolute atomic E-state index is 0.282. The van der Waals surface area contributed by atoms with E-state index in [1.807, 2.05) is 24.3 Å².